The van der Waals surface area contributed by atoms with Crippen molar-refractivity contribution in [2.75, 3.05) is 10.6 Å². The van der Waals surface area contributed by atoms with Crippen molar-refractivity contribution in [3.63, 3.8) is 0 Å². The van der Waals surface area contributed by atoms with Crippen LogP contribution in [0.1, 0.15) is 21.5 Å². The minimum atomic E-state index is -0.550. The lowest BCUT2D eigenvalue weighted by molar-refractivity contribution is 0.100. The fourth-order valence-corrected chi connectivity index (χ4v) is 2.47. The Bertz CT molecular complexity index is 963. The van der Waals surface area contributed by atoms with Crippen LogP contribution in [-0.2, 0) is 6.54 Å². The van der Waals surface area contributed by atoms with E-state index < -0.39 is 5.91 Å². The number of aromatic nitrogens is 1. The molecule has 0 bridgehead atoms. The highest BCUT2D eigenvalue weighted by atomic mass is 16.1. The van der Waals surface area contributed by atoms with Crippen molar-refractivity contribution in [3.8, 4) is 6.07 Å². The zero-order valence-electron chi connectivity index (χ0n) is 13.9. The summed E-state index contributed by atoms with van der Waals surface area (Å²) in [5.41, 5.74) is 8.72. The second-order valence-corrected chi connectivity index (χ2v) is 5.64. The summed E-state index contributed by atoms with van der Waals surface area (Å²) in [6.07, 6.45) is 1.44. The number of pyridine rings is 1. The minimum absolute atomic E-state index is 0.317. The number of benzene rings is 2. The molecule has 1 heterocycles. The zero-order valence-corrected chi connectivity index (χ0v) is 13.9. The maximum absolute atomic E-state index is 11.7. The van der Waals surface area contributed by atoms with Gasteiger partial charge in [-0.15, -0.1) is 0 Å². The molecule has 0 aliphatic carbocycles. The van der Waals surface area contributed by atoms with E-state index in [0.29, 0.717) is 29.2 Å². The van der Waals surface area contributed by atoms with Gasteiger partial charge in [0, 0.05) is 24.5 Å². The topological polar surface area (TPSA) is 104 Å². The van der Waals surface area contributed by atoms with Gasteiger partial charge >= 0.3 is 0 Å². The van der Waals surface area contributed by atoms with Crippen LogP contribution in [0.4, 0.5) is 17.2 Å². The Hall–Kier alpha value is -3.85. The van der Waals surface area contributed by atoms with Crippen molar-refractivity contribution >= 4 is 23.1 Å². The Morgan fingerprint density at radius 2 is 1.92 bits per heavy atom. The molecule has 1 aromatic heterocycles. The summed E-state index contributed by atoms with van der Waals surface area (Å²) >= 11 is 0. The Balaban J connectivity index is 1.83. The van der Waals surface area contributed by atoms with Gasteiger partial charge in [0.05, 0.1) is 22.9 Å². The SMILES string of the molecule is N#Cc1cccc(Nc2cc(NCc3ccccc3)c(C(N)=O)cn2)c1. The van der Waals surface area contributed by atoms with E-state index in [1.165, 1.54) is 6.20 Å². The van der Waals surface area contributed by atoms with Crippen LogP contribution in [0.15, 0.2) is 66.9 Å². The van der Waals surface area contributed by atoms with Crippen molar-refractivity contribution < 1.29 is 4.79 Å². The van der Waals surface area contributed by atoms with E-state index >= 15 is 0 Å². The number of anilines is 3. The number of nitriles is 1. The number of hydrogen-bond acceptors (Lipinski definition) is 5. The number of hydrogen-bond donors (Lipinski definition) is 3. The molecular weight excluding hydrogens is 326 g/mol. The van der Waals surface area contributed by atoms with E-state index in [4.69, 9.17) is 11.0 Å². The molecule has 4 N–H and O–H groups in total. The van der Waals surface area contributed by atoms with Gasteiger partial charge in [-0.05, 0) is 23.8 Å². The number of carbonyl (C=O) groups excluding carboxylic acids is 1. The number of nitrogens with two attached hydrogens (primary N) is 1. The maximum atomic E-state index is 11.7. The van der Waals surface area contributed by atoms with Crippen LogP contribution in [-0.4, -0.2) is 10.9 Å². The normalized spacial score (nSPS) is 9.96. The number of carbonyl (C=O) groups is 1. The third-order valence-electron chi connectivity index (χ3n) is 3.76. The average Bonchev–Trinajstić information content (AvgIpc) is 2.67. The maximum Gasteiger partial charge on any atom is 0.252 e. The van der Waals surface area contributed by atoms with Crippen LogP contribution in [0.2, 0.25) is 0 Å². The van der Waals surface area contributed by atoms with Gasteiger partial charge in [0.2, 0.25) is 0 Å². The predicted molar refractivity (Wildman–Crippen MR) is 101 cm³/mol. The number of nitrogens with one attached hydrogen (secondary N) is 2. The standard InChI is InChI=1S/C20H17N5O/c21-11-15-7-4-8-16(9-15)25-19-10-18(17(13-24-19)20(22)26)23-12-14-5-2-1-3-6-14/h1-10,13H,12H2,(H2,22,26)(H2,23,24,25). The summed E-state index contributed by atoms with van der Waals surface area (Å²) in [6, 6.07) is 20.7. The molecule has 2 aromatic carbocycles. The van der Waals surface area contributed by atoms with E-state index in [1.54, 1.807) is 24.3 Å². The summed E-state index contributed by atoms with van der Waals surface area (Å²) in [5.74, 6) is -0.00765. The van der Waals surface area contributed by atoms with Crippen LogP contribution in [0, 0.1) is 11.3 Å². The van der Waals surface area contributed by atoms with Crippen molar-refractivity contribution in [3.05, 3.63) is 83.6 Å². The molecule has 0 spiro atoms. The Morgan fingerprint density at radius 3 is 2.65 bits per heavy atom. The largest absolute Gasteiger partial charge is 0.380 e. The molecule has 0 saturated carbocycles. The first-order valence-corrected chi connectivity index (χ1v) is 8.00. The van der Waals surface area contributed by atoms with Crippen molar-refractivity contribution in [1.82, 2.24) is 4.98 Å². The number of rotatable bonds is 6. The van der Waals surface area contributed by atoms with Crippen LogP contribution >= 0.6 is 0 Å². The van der Waals surface area contributed by atoms with Crippen LogP contribution < -0.4 is 16.4 Å². The Kier molecular flexibility index (Phi) is 5.11. The highest BCUT2D eigenvalue weighted by Crippen LogP contribution is 2.22. The molecule has 0 atom stereocenters. The third-order valence-corrected chi connectivity index (χ3v) is 3.76. The first-order chi connectivity index (χ1) is 12.7. The molecule has 3 aromatic rings. The van der Waals surface area contributed by atoms with Gasteiger partial charge in [-0.25, -0.2) is 4.98 Å². The number of primary amides is 1. The van der Waals surface area contributed by atoms with E-state index in [-0.39, 0.29) is 0 Å². The van der Waals surface area contributed by atoms with E-state index in [2.05, 4.69) is 21.7 Å². The summed E-state index contributed by atoms with van der Waals surface area (Å²) in [4.78, 5) is 15.9. The lowest BCUT2D eigenvalue weighted by atomic mass is 10.2. The lowest BCUT2D eigenvalue weighted by Crippen LogP contribution is -2.15. The summed E-state index contributed by atoms with van der Waals surface area (Å²) in [6.45, 7) is 0.550. The predicted octanol–water partition coefficient (Wildman–Crippen LogP) is 3.41. The van der Waals surface area contributed by atoms with E-state index in [1.807, 2.05) is 36.4 Å². The molecular formula is C20H17N5O. The molecule has 0 unspecified atom stereocenters. The molecule has 128 valence electrons. The molecule has 6 nitrogen and oxygen atoms in total. The Morgan fingerprint density at radius 1 is 1.12 bits per heavy atom. The smallest absolute Gasteiger partial charge is 0.252 e. The second-order valence-electron chi connectivity index (χ2n) is 5.64. The minimum Gasteiger partial charge on any atom is -0.380 e. The van der Waals surface area contributed by atoms with Crippen LogP contribution in [0.3, 0.4) is 0 Å². The van der Waals surface area contributed by atoms with Crippen molar-refractivity contribution in [2.45, 2.75) is 6.54 Å². The number of amides is 1. The van der Waals surface area contributed by atoms with Crippen LogP contribution in [0.25, 0.3) is 0 Å². The first-order valence-electron chi connectivity index (χ1n) is 8.00. The zero-order chi connectivity index (χ0) is 18.4. The second kappa shape index (κ2) is 7.81. The average molecular weight is 343 g/mol. The monoisotopic (exact) mass is 343 g/mol. The van der Waals surface area contributed by atoms with Gasteiger partial charge in [-0.3, -0.25) is 4.79 Å². The van der Waals surface area contributed by atoms with Gasteiger partial charge in [0.15, 0.2) is 0 Å². The molecule has 0 aliphatic heterocycles. The molecule has 0 aliphatic rings. The molecule has 0 fully saturated rings. The summed E-state index contributed by atoms with van der Waals surface area (Å²) in [5, 5.41) is 15.3. The molecule has 0 saturated heterocycles. The molecule has 1 amide bonds. The van der Waals surface area contributed by atoms with E-state index in [9.17, 15) is 4.79 Å². The van der Waals surface area contributed by atoms with Gasteiger partial charge in [0.25, 0.3) is 5.91 Å². The Labute approximate surface area is 151 Å². The molecule has 6 heteroatoms. The van der Waals surface area contributed by atoms with Crippen LogP contribution in [0.5, 0.6) is 0 Å². The highest BCUT2D eigenvalue weighted by Gasteiger charge is 2.10. The molecule has 3 rings (SSSR count). The first kappa shape index (κ1) is 17.0. The fourth-order valence-electron chi connectivity index (χ4n) is 2.47. The van der Waals surface area contributed by atoms with Gasteiger partial charge in [0.1, 0.15) is 5.82 Å². The fraction of sp³-hybridized carbons (Fsp3) is 0.0500. The lowest BCUT2D eigenvalue weighted by Gasteiger charge is -2.13. The molecule has 0 radical (unpaired) electrons. The number of nitrogens with zero attached hydrogens (tertiary/aromatic N) is 2. The van der Waals surface area contributed by atoms with Gasteiger partial charge in [-0.2, -0.15) is 5.26 Å². The van der Waals surface area contributed by atoms with Gasteiger partial charge in [-0.1, -0.05) is 36.4 Å². The summed E-state index contributed by atoms with van der Waals surface area (Å²) < 4.78 is 0. The summed E-state index contributed by atoms with van der Waals surface area (Å²) in [7, 11) is 0. The van der Waals surface area contributed by atoms with Crippen molar-refractivity contribution in [2.24, 2.45) is 5.73 Å². The van der Waals surface area contributed by atoms with Crippen molar-refractivity contribution in [1.29, 1.82) is 5.26 Å². The highest BCUT2D eigenvalue weighted by molar-refractivity contribution is 5.98. The third kappa shape index (κ3) is 4.16. The quantitative estimate of drug-likeness (QED) is 0.636. The van der Waals surface area contributed by atoms with Gasteiger partial charge < -0.3 is 16.4 Å². The molecule has 26 heavy (non-hydrogen) atoms. The van der Waals surface area contributed by atoms with E-state index in [0.717, 1.165) is 11.3 Å².